The second kappa shape index (κ2) is 5.70. The maximum absolute atomic E-state index is 5.95. The number of rotatable bonds is 4. The van der Waals surface area contributed by atoms with Crippen LogP contribution in [0, 0.1) is 0 Å². The van der Waals surface area contributed by atoms with Gasteiger partial charge in [0.15, 0.2) is 0 Å². The molecule has 18 heavy (non-hydrogen) atoms. The first kappa shape index (κ1) is 12.6. The van der Waals surface area contributed by atoms with Crippen molar-refractivity contribution in [3.8, 4) is 0 Å². The maximum atomic E-state index is 5.95. The molecule has 0 aromatic carbocycles. The summed E-state index contributed by atoms with van der Waals surface area (Å²) in [5.41, 5.74) is 0.0266. The van der Waals surface area contributed by atoms with Crippen LogP contribution in [0.1, 0.15) is 24.1 Å². The van der Waals surface area contributed by atoms with Crippen LogP contribution >= 0.6 is 11.3 Å². The third kappa shape index (κ3) is 2.94. The highest BCUT2D eigenvalue weighted by Gasteiger charge is 2.40. The summed E-state index contributed by atoms with van der Waals surface area (Å²) in [7, 11) is 0. The Labute approximate surface area is 112 Å². The average Bonchev–Trinajstić information content (AvgIpc) is 3.02. The van der Waals surface area contributed by atoms with Gasteiger partial charge in [0.25, 0.3) is 0 Å². The SMILES string of the molecule is c1csc(CCNC2CCOC3(CCOC3)C2)c1. The molecule has 2 aliphatic rings. The van der Waals surface area contributed by atoms with Gasteiger partial charge in [-0.2, -0.15) is 0 Å². The molecule has 1 N–H and O–H groups in total. The first-order valence-electron chi connectivity index (χ1n) is 6.84. The highest BCUT2D eigenvalue weighted by Crippen LogP contribution is 2.32. The molecule has 2 aliphatic heterocycles. The molecule has 2 fully saturated rings. The molecular formula is C14H21NO2S. The van der Waals surface area contributed by atoms with Gasteiger partial charge in [0, 0.05) is 37.1 Å². The smallest absolute Gasteiger partial charge is 0.0951 e. The number of hydrogen-bond acceptors (Lipinski definition) is 4. The molecule has 2 atom stereocenters. The van der Waals surface area contributed by atoms with Gasteiger partial charge in [-0.05, 0) is 30.7 Å². The summed E-state index contributed by atoms with van der Waals surface area (Å²) < 4.78 is 11.4. The molecule has 0 saturated carbocycles. The van der Waals surface area contributed by atoms with E-state index in [0.717, 1.165) is 52.0 Å². The van der Waals surface area contributed by atoms with Crippen molar-refractivity contribution in [2.45, 2.75) is 37.3 Å². The van der Waals surface area contributed by atoms with E-state index in [0.29, 0.717) is 6.04 Å². The van der Waals surface area contributed by atoms with Crippen molar-refractivity contribution in [3.63, 3.8) is 0 Å². The zero-order valence-corrected chi connectivity index (χ0v) is 11.5. The summed E-state index contributed by atoms with van der Waals surface area (Å²) in [4.78, 5) is 1.47. The molecule has 0 amide bonds. The summed E-state index contributed by atoms with van der Waals surface area (Å²) in [5, 5.41) is 5.83. The summed E-state index contributed by atoms with van der Waals surface area (Å²) in [6.45, 7) is 3.60. The normalized spacial score (nSPS) is 32.1. The van der Waals surface area contributed by atoms with Crippen LogP contribution in [0.5, 0.6) is 0 Å². The molecule has 3 rings (SSSR count). The monoisotopic (exact) mass is 267 g/mol. The lowest BCUT2D eigenvalue weighted by atomic mass is 9.89. The molecule has 0 aliphatic carbocycles. The fourth-order valence-electron chi connectivity index (χ4n) is 2.92. The molecule has 2 unspecified atom stereocenters. The van der Waals surface area contributed by atoms with E-state index in [1.54, 1.807) is 0 Å². The van der Waals surface area contributed by atoms with Crippen LogP contribution in [0.25, 0.3) is 0 Å². The Hall–Kier alpha value is -0.420. The van der Waals surface area contributed by atoms with E-state index in [2.05, 4.69) is 22.8 Å². The van der Waals surface area contributed by atoms with Crippen LogP contribution in [0.3, 0.4) is 0 Å². The van der Waals surface area contributed by atoms with Gasteiger partial charge in [0.2, 0.25) is 0 Å². The minimum absolute atomic E-state index is 0.0266. The Bertz CT molecular complexity index is 360. The number of ether oxygens (including phenoxy) is 2. The van der Waals surface area contributed by atoms with Crippen molar-refractivity contribution in [1.82, 2.24) is 5.32 Å². The van der Waals surface area contributed by atoms with E-state index in [-0.39, 0.29) is 5.60 Å². The minimum atomic E-state index is 0.0266. The lowest BCUT2D eigenvalue weighted by molar-refractivity contribution is -0.0891. The van der Waals surface area contributed by atoms with Crippen molar-refractivity contribution in [2.24, 2.45) is 0 Å². The van der Waals surface area contributed by atoms with E-state index in [1.165, 1.54) is 4.88 Å². The Morgan fingerprint density at radius 3 is 3.22 bits per heavy atom. The largest absolute Gasteiger partial charge is 0.378 e. The third-order valence-corrected chi connectivity index (χ3v) is 4.88. The maximum Gasteiger partial charge on any atom is 0.0951 e. The molecule has 3 nitrogen and oxygen atoms in total. The first-order chi connectivity index (χ1) is 8.86. The van der Waals surface area contributed by atoms with Crippen LogP contribution in [0.4, 0.5) is 0 Å². The van der Waals surface area contributed by atoms with Crippen molar-refractivity contribution in [1.29, 1.82) is 0 Å². The van der Waals surface area contributed by atoms with E-state index >= 15 is 0 Å². The van der Waals surface area contributed by atoms with Crippen LogP contribution in [-0.4, -0.2) is 38.0 Å². The molecule has 0 radical (unpaired) electrons. The fourth-order valence-corrected chi connectivity index (χ4v) is 3.63. The molecule has 1 aromatic rings. The molecule has 2 saturated heterocycles. The lowest BCUT2D eigenvalue weighted by Gasteiger charge is -2.37. The van der Waals surface area contributed by atoms with Gasteiger partial charge in [0.05, 0.1) is 12.2 Å². The summed E-state index contributed by atoms with van der Waals surface area (Å²) in [6.07, 6.45) is 4.44. The molecule has 1 aromatic heterocycles. The van der Waals surface area contributed by atoms with Crippen molar-refractivity contribution in [2.75, 3.05) is 26.4 Å². The quantitative estimate of drug-likeness (QED) is 0.907. The van der Waals surface area contributed by atoms with Gasteiger partial charge >= 0.3 is 0 Å². The predicted molar refractivity (Wildman–Crippen MR) is 73.2 cm³/mol. The van der Waals surface area contributed by atoms with Crippen molar-refractivity contribution >= 4 is 11.3 Å². The topological polar surface area (TPSA) is 30.5 Å². The van der Waals surface area contributed by atoms with E-state index in [1.807, 2.05) is 11.3 Å². The van der Waals surface area contributed by atoms with Gasteiger partial charge in [0.1, 0.15) is 0 Å². The zero-order chi connectivity index (χ0) is 12.3. The van der Waals surface area contributed by atoms with Gasteiger partial charge in [-0.15, -0.1) is 11.3 Å². The fraction of sp³-hybridized carbons (Fsp3) is 0.714. The second-order valence-corrected chi connectivity index (χ2v) is 6.34. The van der Waals surface area contributed by atoms with Gasteiger partial charge in [-0.25, -0.2) is 0 Å². The molecule has 3 heterocycles. The van der Waals surface area contributed by atoms with E-state index < -0.39 is 0 Å². The first-order valence-corrected chi connectivity index (χ1v) is 7.72. The van der Waals surface area contributed by atoms with Crippen LogP contribution in [-0.2, 0) is 15.9 Å². The van der Waals surface area contributed by atoms with Crippen LogP contribution < -0.4 is 5.32 Å². The Kier molecular flexibility index (Phi) is 3.99. The van der Waals surface area contributed by atoms with Gasteiger partial charge in [-0.3, -0.25) is 0 Å². The van der Waals surface area contributed by atoms with Crippen molar-refractivity contribution < 1.29 is 9.47 Å². The average molecular weight is 267 g/mol. The lowest BCUT2D eigenvalue weighted by Crippen LogP contribution is -2.47. The summed E-state index contributed by atoms with van der Waals surface area (Å²) >= 11 is 1.84. The molecular weight excluding hydrogens is 246 g/mol. The third-order valence-electron chi connectivity index (χ3n) is 3.94. The Balaban J connectivity index is 1.45. The molecule has 1 spiro atoms. The minimum Gasteiger partial charge on any atom is -0.378 e. The molecule has 0 bridgehead atoms. The van der Waals surface area contributed by atoms with Crippen LogP contribution in [0.2, 0.25) is 0 Å². The standard InChI is InChI=1S/C14H21NO2S/c1-2-13(18-9-1)3-6-15-12-4-7-17-14(10-12)5-8-16-11-14/h1-2,9,12,15H,3-8,10-11H2. The van der Waals surface area contributed by atoms with Crippen LogP contribution in [0.15, 0.2) is 17.5 Å². The highest BCUT2D eigenvalue weighted by atomic mass is 32.1. The highest BCUT2D eigenvalue weighted by molar-refractivity contribution is 7.09. The number of nitrogens with one attached hydrogen (secondary N) is 1. The Morgan fingerprint density at radius 1 is 1.44 bits per heavy atom. The number of hydrogen-bond donors (Lipinski definition) is 1. The molecule has 4 heteroatoms. The zero-order valence-electron chi connectivity index (χ0n) is 10.7. The van der Waals surface area contributed by atoms with E-state index in [9.17, 15) is 0 Å². The second-order valence-electron chi connectivity index (χ2n) is 5.31. The van der Waals surface area contributed by atoms with E-state index in [4.69, 9.17) is 9.47 Å². The van der Waals surface area contributed by atoms with Gasteiger partial charge in [-0.1, -0.05) is 6.07 Å². The van der Waals surface area contributed by atoms with Crippen molar-refractivity contribution in [3.05, 3.63) is 22.4 Å². The Morgan fingerprint density at radius 2 is 2.44 bits per heavy atom. The van der Waals surface area contributed by atoms with Gasteiger partial charge < -0.3 is 14.8 Å². The summed E-state index contributed by atoms with van der Waals surface area (Å²) in [6, 6.07) is 4.93. The predicted octanol–water partition coefficient (Wildman–Crippen LogP) is 2.22. The number of thiophene rings is 1. The molecule has 100 valence electrons. The summed E-state index contributed by atoms with van der Waals surface area (Å²) in [5.74, 6) is 0.